The van der Waals surface area contributed by atoms with Crippen LogP contribution in [0.1, 0.15) is 26.7 Å². The van der Waals surface area contributed by atoms with Crippen LogP contribution in [0.4, 0.5) is 0 Å². The maximum absolute atomic E-state index is 2.42. The molecular formula is C8H14. The van der Waals surface area contributed by atoms with Crippen LogP contribution in [0, 0.1) is 23.7 Å². The van der Waals surface area contributed by atoms with E-state index in [2.05, 4.69) is 13.8 Å². The molecule has 0 nitrogen and oxygen atoms in total. The first kappa shape index (κ1) is 4.84. The Bertz CT molecular complexity index is 105. The van der Waals surface area contributed by atoms with E-state index in [1.54, 1.807) is 6.42 Å². The largest absolute Gasteiger partial charge is 0.0622 e. The van der Waals surface area contributed by atoms with E-state index in [-0.39, 0.29) is 0 Å². The van der Waals surface area contributed by atoms with Crippen molar-refractivity contribution >= 4 is 0 Å². The minimum atomic E-state index is 1.04. The molecule has 0 saturated heterocycles. The summed E-state index contributed by atoms with van der Waals surface area (Å²) in [4.78, 5) is 0. The third-order valence-electron chi connectivity index (χ3n) is 3.22. The molecule has 2 aliphatic carbocycles. The predicted molar refractivity (Wildman–Crippen MR) is 34.5 cm³/mol. The molecule has 2 saturated carbocycles. The van der Waals surface area contributed by atoms with Gasteiger partial charge in [-0.2, -0.15) is 0 Å². The highest BCUT2D eigenvalue weighted by atomic mass is 14.5. The van der Waals surface area contributed by atoms with Crippen LogP contribution in [0.3, 0.4) is 0 Å². The smallest absolute Gasteiger partial charge is 0.0355 e. The molecule has 0 aromatic carbocycles. The molecule has 2 aliphatic rings. The van der Waals surface area contributed by atoms with Gasteiger partial charge in [-0.25, -0.2) is 0 Å². The highest BCUT2D eigenvalue weighted by Gasteiger charge is 2.49. The Labute approximate surface area is 51.3 Å². The van der Waals surface area contributed by atoms with Crippen LogP contribution in [-0.2, 0) is 0 Å². The van der Waals surface area contributed by atoms with Crippen molar-refractivity contribution in [3.05, 3.63) is 0 Å². The molecule has 0 heterocycles. The second kappa shape index (κ2) is 1.29. The minimum absolute atomic E-state index is 1.04. The fourth-order valence-electron chi connectivity index (χ4n) is 2.30. The third-order valence-corrected chi connectivity index (χ3v) is 3.22. The van der Waals surface area contributed by atoms with E-state index in [1.165, 1.54) is 12.3 Å². The number of fused-ring (bicyclic) bond motifs is 1. The second-order valence-corrected chi connectivity index (χ2v) is 3.73. The Morgan fingerprint density at radius 2 is 1.88 bits per heavy atom. The van der Waals surface area contributed by atoms with Gasteiger partial charge in [0.1, 0.15) is 0 Å². The Balaban J connectivity index is 2.08. The summed E-state index contributed by atoms with van der Waals surface area (Å²) in [5, 5.41) is 0. The Hall–Kier alpha value is 0. The molecule has 0 aromatic heterocycles. The average molecular weight is 110 g/mol. The van der Waals surface area contributed by atoms with Gasteiger partial charge in [0.05, 0.1) is 0 Å². The number of hydrogen-bond acceptors (Lipinski definition) is 0. The number of hydrogen-bond donors (Lipinski definition) is 0. The zero-order valence-electron chi connectivity index (χ0n) is 5.72. The standard InChI is InChI=1S/C8H14/c1-5-3-7-4-8(7)6(5)2/h5-8H,3-4H2,1-2H3/t5?,6?,7?,8-/m0/s1. The maximum atomic E-state index is 2.42. The fourth-order valence-corrected chi connectivity index (χ4v) is 2.30. The molecule has 0 aromatic rings. The lowest BCUT2D eigenvalue weighted by Gasteiger charge is -2.10. The lowest BCUT2D eigenvalue weighted by atomic mass is 9.95. The summed E-state index contributed by atoms with van der Waals surface area (Å²) in [6.07, 6.45) is 3.09. The van der Waals surface area contributed by atoms with E-state index in [4.69, 9.17) is 0 Å². The molecular weight excluding hydrogens is 96.1 g/mol. The van der Waals surface area contributed by atoms with Crippen LogP contribution >= 0.6 is 0 Å². The molecule has 4 atom stereocenters. The molecule has 3 unspecified atom stereocenters. The zero-order valence-corrected chi connectivity index (χ0v) is 5.72. The van der Waals surface area contributed by atoms with E-state index in [9.17, 15) is 0 Å². The first-order chi connectivity index (χ1) is 3.79. The second-order valence-electron chi connectivity index (χ2n) is 3.73. The first-order valence-corrected chi connectivity index (χ1v) is 3.79. The van der Waals surface area contributed by atoms with Gasteiger partial charge in [-0.1, -0.05) is 13.8 Å². The van der Waals surface area contributed by atoms with Crippen molar-refractivity contribution in [1.82, 2.24) is 0 Å². The van der Waals surface area contributed by atoms with E-state index in [0.717, 1.165) is 17.8 Å². The SMILES string of the molecule is CC1CC2C[C@H]2C1C. The van der Waals surface area contributed by atoms with Gasteiger partial charge < -0.3 is 0 Å². The van der Waals surface area contributed by atoms with Crippen LogP contribution in [0.15, 0.2) is 0 Å². The van der Waals surface area contributed by atoms with Crippen molar-refractivity contribution in [1.29, 1.82) is 0 Å². The van der Waals surface area contributed by atoms with Crippen molar-refractivity contribution in [2.45, 2.75) is 26.7 Å². The maximum Gasteiger partial charge on any atom is -0.0355 e. The van der Waals surface area contributed by atoms with Crippen LogP contribution in [0.2, 0.25) is 0 Å². The van der Waals surface area contributed by atoms with Crippen molar-refractivity contribution in [2.75, 3.05) is 0 Å². The molecule has 0 N–H and O–H groups in total. The van der Waals surface area contributed by atoms with Crippen LogP contribution in [0.25, 0.3) is 0 Å². The summed E-state index contributed by atoms with van der Waals surface area (Å²) < 4.78 is 0. The van der Waals surface area contributed by atoms with Crippen molar-refractivity contribution < 1.29 is 0 Å². The van der Waals surface area contributed by atoms with Crippen LogP contribution in [-0.4, -0.2) is 0 Å². The summed E-state index contributed by atoms with van der Waals surface area (Å²) >= 11 is 0. The molecule has 46 valence electrons. The van der Waals surface area contributed by atoms with Gasteiger partial charge in [0.25, 0.3) is 0 Å². The van der Waals surface area contributed by atoms with Crippen molar-refractivity contribution in [3.63, 3.8) is 0 Å². The van der Waals surface area contributed by atoms with Gasteiger partial charge in [0.2, 0.25) is 0 Å². The predicted octanol–water partition coefficient (Wildman–Crippen LogP) is 2.30. The Kier molecular flexibility index (Phi) is 0.778. The molecule has 0 spiro atoms. The third kappa shape index (κ3) is 0.463. The van der Waals surface area contributed by atoms with E-state index >= 15 is 0 Å². The monoisotopic (exact) mass is 110 g/mol. The molecule has 0 radical (unpaired) electrons. The molecule has 8 heavy (non-hydrogen) atoms. The topological polar surface area (TPSA) is 0 Å². The van der Waals surface area contributed by atoms with Crippen LogP contribution in [0.5, 0.6) is 0 Å². The average Bonchev–Trinajstić information content (AvgIpc) is 2.39. The summed E-state index contributed by atoms with van der Waals surface area (Å²) in [6, 6.07) is 0. The quantitative estimate of drug-likeness (QED) is 0.449. The lowest BCUT2D eigenvalue weighted by molar-refractivity contribution is 0.394. The highest BCUT2D eigenvalue weighted by molar-refractivity contribution is 4.98. The van der Waals surface area contributed by atoms with E-state index < -0.39 is 0 Å². The minimum Gasteiger partial charge on any atom is -0.0622 e. The molecule has 0 bridgehead atoms. The summed E-state index contributed by atoms with van der Waals surface area (Å²) in [7, 11) is 0. The number of rotatable bonds is 0. The van der Waals surface area contributed by atoms with E-state index in [0.29, 0.717) is 0 Å². The molecule has 0 amide bonds. The summed E-state index contributed by atoms with van der Waals surface area (Å²) in [5.74, 6) is 4.42. The lowest BCUT2D eigenvalue weighted by Crippen LogP contribution is -2.02. The van der Waals surface area contributed by atoms with Gasteiger partial charge in [-0.15, -0.1) is 0 Å². The summed E-state index contributed by atoms with van der Waals surface area (Å²) in [5.41, 5.74) is 0. The zero-order chi connectivity index (χ0) is 5.72. The van der Waals surface area contributed by atoms with Crippen molar-refractivity contribution in [2.24, 2.45) is 23.7 Å². The van der Waals surface area contributed by atoms with Gasteiger partial charge in [-0.3, -0.25) is 0 Å². The Morgan fingerprint density at radius 1 is 1.12 bits per heavy atom. The van der Waals surface area contributed by atoms with Gasteiger partial charge >= 0.3 is 0 Å². The molecule has 0 aliphatic heterocycles. The normalized spacial score (nSPS) is 60.8. The summed E-state index contributed by atoms with van der Waals surface area (Å²) in [6.45, 7) is 4.82. The molecule has 2 rings (SSSR count). The fraction of sp³-hybridized carbons (Fsp3) is 1.00. The van der Waals surface area contributed by atoms with Gasteiger partial charge in [0.15, 0.2) is 0 Å². The van der Waals surface area contributed by atoms with Gasteiger partial charge in [0, 0.05) is 0 Å². The molecule has 2 fully saturated rings. The van der Waals surface area contributed by atoms with Gasteiger partial charge in [-0.05, 0) is 36.5 Å². The highest BCUT2D eigenvalue weighted by Crippen LogP contribution is 2.57. The first-order valence-electron chi connectivity index (χ1n) is 3.79. The molecule has 0 heteroatoms. The van der Waals surface area contributed by atoms with Crippen molar-refractivity contribution in [3.8, 4) is 0 Å². The Morgan fingerprint density at radius 3 is 2.12 bits per heavy atom. The van der Waals surface area contributed by atoms with Crippen LogP contribution < -0.4 is 0 Å². The van der Waals surface area contributed by atoms with E-state index in [1.807, 2.05) is 0 Å².